The molecule has 1 unspecified atom stereocenters. The molecule has 176 valence electrons. The first-order valence-electron chi connectivity index (χ1n) is 11.3. The van der Waals surface area contributed by atoms with Gasteiger partial charge in [-0.05, 0) is 55.6 Å². The van der Waals surface area contributed by atoms with Crippen molar-refractivity contribution in [2.24, 2.45) is 5.10 Å². The zero-order chi connectivity index (χ0) is 23.8. The lowest BCUT2D eigenvalue weighted by Gasteiger charge is -2.26. The van der Waals surface area contributed by atoms with E-state index in [0.717, 1.165) is 30.3 Å². The van der Waals surface area contributed by atoms with E-state index >= 15 is 0 Å². The minimum Gasteiger partial charge on any atom is -0.383 e. The molecule has 5 rings (SSSR count). The molecule has 2 aromatic carbocycles. The molecule has 7 nitrogen and oxygen atoms in total. The maximum atomic E-state index is 14.6. The summed E-state index contributed by atoms with van der Waals surface area (Å²) in [5.41, 5.74) is 12.6. The molecule has 9 heteroatoms. The van der Waals surface area contributed by atoms with Crippen molar-refractivity contribution in [1.29, 1.82) is 0 Å². The van der Waals surface area contributed by atoms with Crippen LogP contribution in [0, 0.1) is 11.6 Å². The van der Waals surface area contributed by atoms with Gasteiger partial charge < -0.3 is 5.73 Å². The Hall–Kier alpha value is -3.56. The van der Waals surface area contributed by atoms with Gasteiger partial charge in [-0.25, -0.2) is 24.3 Å². The summed E-state index contributed by atoms with van der Waals surface area (Å²) in [7, 11) is 1.65. The highest BCUT2D eigenvalue weighted by atomic mass is 19.2. The predicted molar refractivity (Wildman–Crippen MR) is 129 cm³/mol. The fourth-order valence-corrected chi connectivity index (χ4v) is 4.54. The van der Waals surface area contributed by atoms with Gasteiger partial charge in [0.15, 0.2) is 17.5 Å². The second-order valence-corrected chi connectivity index (χ2v) is 8.76. The van der Waals surface area contributed by atoms with Gasteiger partial charge in [-0.2, -0.15) is 0 Å². The number of hydrazone groups is 1. The van der Waals surface area contributed by atoms with E-state index in [2.05, 4.69) is 51.7 Å². The summed E-state index contributed by atoms with van der Waals surface area (Å²) in [5, 5.41) is 7.17. The fraction of sp³-hybridized carbons (Fsp3) is 0.280. The molecule has 0 saturated carbocycles. The molecule has 2 aliphatic heterocycles. The summed E-state index contributed by atoms with van der Waals surface area (Å²) in [6.45, 7) is 4.36. The first kappa shape index (κ1) is 22.2. The quantitative estimate of drug-likeness (QED) is 0.593. The lowest BCUT2D eigenvalue weighted by atomic mass is 10.0. The third-order valence-corrected chi connectivity index (χ3v) is 6.48. The molecule has 34 heavy (non-hydrogen) atoms. The van der Waals surface area contributed by atoms with Gasteiger partial charge in [0.1, 0.15) is 11.5 Å². The molecule has 3 heterocycles. The largest absolute Gasteiger partial charge is 0.383 e. The number of nitrogens with one attached hydrogen (secondary N) is 1. The van der Waals surface area contributed by atoms with E-state index in [9.17, 15) is 8.78 Å². The number of likely N-dealkylation sites (tertiary alicyclic amines) is 1. The van der Waals surface area contributed by atoms with Crippen LogP contribution < -0.4 is 16.3 Å². The van der Waals surface area contributed by atoms with Gasteiger partial charge in [-0.1, -0.05) is 30.3 Å². The summed E-state index contributed by atoms with van der Waals surface area (Å²) < 4.78 is 28.5. The molecule has 1 saturated heterocycles. The number of benzene rings is 2. The SMILES string of the molecule is CC1CCCN1Cc1ccc(-c2cnc(N)c(C3=NNN(C)N3c3cccc(F)c3F)c2)cc1. The lowest BCUT2D eigenvalue weighted by Crippen LogP contribution is -2.44. The molecular weight excluding hydrogens is 436 g/mol. The van der Waals surface area contributed by atoms with Crippen molar-refractivity contribution in [2.45, 2.75) is 32.4 Å². The first-order chi connectivity index (χ1) is 16.4. The summed E-state index contributed by atoms with van der Waals surface area (Å²) in [5.74, 6) is -1.36. The average Bonchev–Trinajstić information content (AvgIpc) is 3.42. The van der Waals surface area contributed by atoms with Crippen molar-refractivity contribution in [3.05, 3.63) is 77.5 Å². The third kappa shape index (κ3) is 4.08. The molecule has 2 aliphatic rings. The monoisotopic (exact) mass is 463 g/mol. The lowest BCUT2D eigenvalue weighted by molar-refractivity contribution is 0.260. The van der Waals surface area contributed by atoms with Crippen LogP contribution >= 0.6 is 0 Å². The first-order valence-corrected chi connectivity index (χ1v) is 11.3. The number of aromatic nitrogens is 1. The van der Waals surface area contributed by atoms with Crippen molar-refractivity contribution in [2.75, 3.05) is 24.3 Å². The number of nitrogen functional groups attached to an aromatic ring is 1. The maximum Gasteiger partial charge on any atom is 0.184 e. The van der Waals surface area contributed by atoms with Crippen molar-refractivity contribution in [3.63, 3.8) is 0 Å². The molecule has 1 aromatic heterocycles. The summed E-state index contributed by atoms with van der Waals surface area (Å²) in [6, 6.07) is 14.9. The number of amidine groups is 1. The van der Waals surface area contributed by atoms with Crippen LogP contribution in [0.4, 0.5) is 20.3 Å². The van der Waals surface area contributed by atoms with Gasteiger partial charge >= 0.3 is 0 Å². The summed E-state index contributed by atoms with van der Waals surface area (Å²) in [6.07, 6.45) is 4.21. The fourth-order valence-electron chi connectivity index (χ4n) is 4.54. The van der Waals surface area contributed by atoms with Crippen LogP contribution in [0.25, 0.3) is 11.1 Å². The molecular formula is C25H27F2N7. The highest BCUT2D eigenvalue weighted by molar-refractivity contribution is 6.13. The second-order valence-electron chi connectivity index (χ2n) is 8.76. The maximum absolute atomic E-state index is 14.6. The molecule has 3 aromatic rings. The van der Waals surface area contributed by atoms with Crippen LogP contribution in [-0.4, -0.2) is 40.5 Å². The van der Waals surface area contributed by atoms with Gasteiger partial charge in [0.2, 0.25) is 0 Å². The van der Waals surface area contributed by atoms with Gasteiger partial charge in [-0.15, -0.1) is 10.2 Å². The Morgan fingerprint density at radius 2 is 1.91 bits per heavy atom. The number of rotatable bonds is 5. The number of hydrogen-bond donors (Lipinski definition) is 2. The zero-order valence-corrected chi connectivity index (χ0v) is 19.2. The smallest absolute Gasteiger partial charge is 0.184 e. The van der Waals surface area contributed by atoms with Crippen molar-refractivity contribution in [3.8, 4) is 11.1 Å². The van der Waals surface area contributed by atoms with Gasteiger partial charge in [-0.3, -0.25) is 4.90 Å². The van der Waals surface area contributed by atoms with Gasteiger partial charge in [0.05, 0.1) is 5.56 Å². The van der Waals surface area contributed by atoms with E-state index < -0.39 is 11.6 Å². The van der Waals surface area contributed by atoms with Crippen molar-refractivity contribution in [1.82, 2.24) is 20.5 Å². The number of pyridine rings is 1. The van der Waals surface area contributed by atoms with E-state index in [4.69, 9.17) is 5.73 Å². The predicted octanol–water partition coefficient (Wildman–Crippen LogP) is 4.13. The summed E-state index contributed by atoms with van der Waals surface area (Å²) in [4.78, 5) is 6.86. The molecule has 3 N–H and O–H groups in total. The minimum atomic E-state index is -0.976. The zero-order valence-electron chi connectivity index (χ0n) is 19.2. The summed E-state index contributed by atoms with van der Waals surface area (Å²) >= 11 is 0. The Labute approximate surface area is 197 Å². The topological polar surface area (TPSA) is 73.0 Å². The Morgan fingerprint density at radius 3 is 2.65 bits per heavy atom. The molecule has 1 fully saturated rings. The van der Waals surface area contributed by atoms with Crippen molar-refractivity contribution >= 4 is 17.3 Å². The normalized spacial score (nSPS) is 18.9. The van der Waals surface area contributed by atoms with Crippen LogP contribution in [0.2, 0.25) is 0 Å². The molecule has 1 atom stereocenters. The highest BCUT2D eigenvalue weighted by Crippen LogP contribution is 2.30. The molecule has 0 bridgehead atoms. The molecule has 0 amide bonds. The molecule has 0 radical (unpaired) electrons. The van der Waals surface area contributed by atoms with Gasteiger partial charge in [0, 0.05) is 31.4 Å². The minimum absolute atomic E-state index is 0.0107. The van der Waals surface area contributed by atoms with Crippen LogP contribution in [0.5, 0.6) is 0 Å². The Bertz CT molecular complexity index is 1230. The number of hydrazine groups is 2. The Morgan fingerprint density at radius 1 is 1.12 bits per heavy atom. The number of nitrogens with zero attached hydrogens (tertiary/aromatic N) is 5. The Kier molecular flexibility index (Phi) is 5.89. The van der Waals surface area contributed by atoms with Crippen LogP contribution in [-0.2, 0) is 6.54 Å². The van der Waals surface area contributed by atoms with Crippen LogP contribution in [0.3, 0.4) is 0 Å². The van der Waals surface area contributed by atoms with E-state index in [0.29, 0.717) is 17.4 Å². The van der Waals surface area contributed by atoms with Crippen LogP contribution in [0.1, 0.15) is 30.9 Å². The molecule has 0 spiro atoms. The van der Waals surface area contributed by atoms with Crippen molar-refractivity contribution < 1.29 is 8.78 Å². The highest BCUT2D eigenvalue weighted by Gasteiger charge is 2.30. The average molecular weight is 464 g/mol. The van der Waals surface area contributed by atoms with Gasteiger partial charge in [0.25, 0.3) is 0 Å². The number of halogens is 2. The third-order valence-electron chi connectivity index (χ3n) is 6.48. The van der Waals surface area contributed by atoms with E-state index in [1.807, 2.05) is 6.07 Å². The Balaban J connectivity index is 1.44. The van der Waals surface area contributed by atoms with Crippen LogP contribution in [0.15, 0.2) is 59.8 Å². The van der Waals surface area contributed by atoms with E-state index in [-0.39, 0.29) is 11.5 Å². The number of nitrogens with two attached hydrogens (primary N) is 1. The standard InChI is InChI=1S/C25H27F2N7/c1-16-5-4-12-33(16)15-17-8-10-18(11-9-17)19-13-20(24(28)29-14-19)25-30-31-32(2)34(25)22-7-3-6-21(26)23(22)27/h3,6-11,13-14,16,31H,4-5,12,15H2,1-2H3,(H2,28,29). The van der Waals surface area contributed by atoms with E-state index in [1.165, 1.54) is 40.7 Å². The molecule has 0 aliphatic carbocycles. The number of hydrogen-bond acceptors (Lipinski definition) is 7. The second kappa shape index (κ2) is 9.00. The number of anilines is 2. The van der Waals surface area contributed by atoms with E-state index in [1.54, 1.807) is 13.2 Å².